The van der Waals surface area contributed by atoms with Gasteiger partial charge in [-0.1, -0.05) is 12.2 Å². The number of carbonyl (C=O) groups is 1. The number of carbonyl (C=O) groups excluding carboxylic acids is 1. The molecule has 0 unspecified atom stereocenters. The molecule has 2 fully saturated rings. The SMILES string of the molecule is C=C(C)C1CCN(c2cc(NS(=O)(=O)CCO)ccc2C(=O)Nc2cc(C)nc(N3CCC(F)(F)CC3)n2)CC1. The van der Waals surface area contributed by atoms with Crippen molar-refractivity contribution in [3.8, 4) is 0 Å². The summed E-state index contributed by atoms with van der Waals surface area (Å²) in [4.78, 5) is 26.1. The zero-order chi connectivity index (χ0) is 29.1. The Kier molecular flexibility index (Phi) is 8.93. The second-order valence-corrected chi connectivity index (χ2v) is 12.3. The standard InChI is InChI=1S/C27H36F2N6O4S/c1-18(2)20-6-10-34(11-7-20)23-17-21(33-40(38,39)15-14-36)4-5-22(23)25(37)31-24-16-19(3)30-26(32-24)35-12-8-27(28,29)9-13-35/h4-5,16-17,20,33,36H,1,6-15H2,2-3H3,(H,30,31,32,37). The highest BCUT2D eigenvalue weighted by Crippen LogP contribution is 2.33. The van der Waals surface area contributed by atoms with Crippen molar-refractivity contribution in [1.82, 2.24) is 9.97 Å². The van der Waals surface area contributed by atoms with Crippen LogP contribution in [0.25, 0.3) is 0 Å². The van der Waals surface area contributed by atoms with Gasteiger partial charge in [-0.15, -0.1) is 0 Å². The Labute approximate surface area is 233 Å². The van der Waals surface area contributed by atoms with Crippen LogP contribution in [-0.2, 0) is 10.0 Å². The number of anilines is 4. The number of aliphatic hydroxyl groups is 1. The molecule has 1 aromatic carbocycles. The van der Waals surface area contributed by atoms with Gasteiger partial charge in [0.2, 0.25) is 16.0 Å². The summed E-state index contributed by atoms with van der Waals surface area (Å²) in [5.41, 5.74) is 2.85. The molecule has 0 saturated carbocycles. The molecule has 2 aromatic rings. The molecule has 0 atom stereocenters. The van der Waals surface area contributed by atoms with E-state index < -0.39 is 34.2 Å². The second kappa shape index (κ2) is 12.0. The van der Waals surface area contributed by atoms with Gasteiger partial charge in [-0.3, -0.25) is 9.52 Å². The number of aliphatic hydroxyl groups excluding tert-OH is 1. The van der Waals surface area contributed by atoms with Crippen molar-refractivity contribution in [1.29, 1.82) is 0 Å². The number of piperidine rings is 2. The van der Waals surface area contributed by atoms with E-state index in [2.05, 4.69) is 26.6 Å². The highest BCUT2D eigenvalue weighted by Gasteiger charge is 2.35. The average molecular weight is 579 g/mol. The average Bonchev–Trinajstić information content (AvgIpc) is 2.88. The molecule has 0 radical (unpaired) electrons. The summed E-state index contributed by atoms with van der Waals surface area (Å²) in [6.07, 6.45) is 1.12. The fourth-order valence-corrected chi connectivity index (χ4v) is 5.82. The van der Waals surface area contributed by atoms with Crippen LogP contribution in [0.4, 0.5) is 31.9 Å². The third-order valence-corrected chi connectivity index (χ3v) is 8.54. The molecule has 40 heavy (non-hydrogen) atoms. The van der Waals surface area contributed by atoms with E-state index in [-0.39, 0.29) is 43.4 Å². The van der Waals surface area contributed by atoms with E-state index in [1.807, 2.05) is 11.8 Å². The van der Waals surface area contributed by atoms with Crippen molar-refractivity contribution in [2.45, 2.75) is 45.5 Å². The predicted molar refractivity (Wildman–Crippen MR) is 152 cm³/mol. The molecule has 2 aliphatic heterocycles. The van der Waals surface area contributed by atoms with Gasteiger partial charge in [-0.2, -0.15) is 4.98 Å². The number of rotatable bonds is 9. The zero-order valence-corrected chi connectivity index (χ0v) is 23.6. The van der Waals surface area contributed by atoms with Crippen LogP contribution in [-0.4, -0.2) is 73.9 Å². The number of benzene rings is 1. The fourth-order valence-electron chi connectivity index (χ4n) is 4.99. The monoisotopic (exact) mass is 578 g/mol. The molecule has 0 aliphatic carbocycles. The van der Waals surface area contributed by atoms with E-state index >= 15 is 0 Å². The van der Waals surface area contributed by atoms with E-state index in [0.29, 0.717) is 36.0 Å². The van der Waals surface area contributed by atoms with Gasteiger partial charge >= 0.3 is 0 Å². The number of halogens is 2. The molecule has 1 amide bonds. The van der Waals surface area contributed by atoms with Gasteiger partial charge in [0, 0.05) is 50.8 Å². The quantitative estimate of drug-likeness (QED) is 0.384. The molecule has 218 valence electrons. The summed E-state index contributed by atoms with van der Waals surface area (Å²) in [6, 6.07) is 6.28. The summed E-state index contributed by atoms with van der Waals surface area (Å²) in [6.45, 7) is 8.82. The van der Waals surface area contributed by atoms with Gasteiger partial charge in [-0.25, -0.2) is 22.2 Å². The van der Waals surface area contributed by atoms with Crippen LogP contribution in [0.5, 0.6) is 0 Å². The van der Waals surface area contributed by atoms with Crippen LogP contribution in [0.2, 0.25) is 0 Å². The van der Waals surface area contributed by atoms with Crippen molar-refractivity contribution in [2.24, 2.45) is 5.92 Å². The van der Waals surface area contributed by atoms with Crippen molar-refractivity contribution < 1.29 is 27.1 Å². The molecule has 4 rings (SSSR count). The van der Waals surface area contributed by atoms with Gasteiger partial charge in [0.25, 0.3) is 11.8 Å². The molecule has 3 heterocycles. The Morgan fingerprint density at radius 1 is 1.12 bits per heavy atom. The van der Waals surface area contributed by atoms with Gasteiger partial charge < -0.3 is 20.2 Å². The number of allylic oxidation sites excluding steroid dienone is 1. The van der Waals surface area contributed by atoms with E-state index in [9.17, 15) is 22.0 Å². The summed E-state index contributed by atoms with van der Waals surface area (Å²) >= 11 is 0. The number of aromatic nitrogens is 2. The lowest BCUT2D eigenvalue weighted by Gasteiger charge is -2.35. The van der Waals surface area contributed by atoms with Crippen molar-refractivity contribution in [3.05, 3.63) is 47.7 Å². The molecule has 0 bridgehead atoms. The number of sulfonamides is 1. The number of hydrogen-bond acceptors (Lipinski definition) is 8. The molecular formula is C27H36F2N6O4S. The van der Waals surface area contributed by atoms with Crippen LogP contribution < -0.4 is 19.8 Å². The highest BCUT2D eigenvalue weighted by atomic mass is 32.2. The summed E-state index contributed by atoms with van der Waals surface area (Å²) in [5.74, 6) is -2.71. The van der Waals surface area contributed by atoms with E-state index in [1.54, 1.807) is 30.0 Å². The first-order valence-corrected chi connectivity index (χ1v) is 15.0. The highest BCUT2D eigenvalue weighted by molar-refractivity contribution is 7.92. The Morgan fingerprint density at radius 2 is 1.80 bits per heavy atom. The Hall–Kier alpha value is -3.32. The van der Waals surface area contributed by atoms with Gasteiger partial charge in [0.15, 0.2) is 0 Å². The third kappa shape index (κ3) is 7.45. The van der Waals surface area contributed by atoms with Crippen LogP contribution in [0.3, 0.4) is 0 Å². The first kappa shape index (κ1) is 29.7. The fraction of sp³-hybridized carbons (Fsp3) is 0.519. The first-order valence-electron chi connectivity index (χ1n) is 13.3. The van der Waals surface area contributed by atoms with E-state index in [4.69, 9.17) is 5.11 Å². The molecule has 2 aliphatic rings. The van der Waals surface area contributed by atoms with E-state index in [1.165, 1.54) is 6.07 Å². The van der Waals surface area contributed by atoms with E-state index in [0.717, 1.165) is 18.4 Å². The van der Waals surface area contributed by atoms with Gasteiger partial charge in [0.1, 0.15) is 5.82 Å². The number of alkyl halides is 2. The van der Waals surface area contributed by atoms with Crippen LogP contribution >= 0.6 is 0 Å². The molecular weight excluding hydrogens is 542 g/mol. The topological polar surface area (TPSA) is 128 Å². The van der Waals surface area contributed by atoms with Crippen LogP contribution in [0.1, 0.15) is 48.7 Å². The lowest BCUT2D eigenvalue weighted by molar-refractivity contribution is -0.0222. The maximum absolute atomic E-state index is 13.6. The molecule has 1 aromatic heterocycles. The second-order valence-electron chi connectivity index (χ2n) is 10.5. The number of aryl methyl sites for hydroxylation is 1. The molecule has 0 spiro atoms. The lowest BCUT2D eigenvalue weighted by atomic mass is 9.90. The Bertz CT molecular complexity index is 1350. The lowest BCUT2D eigenvalue weighted by Crippen LogP contribution is -2.40. The van der Waals surface area contributed by atoms with Crippen molar-refractivity contribution in [2.75, 3.05) is 58.4 Å². The van der Waals surface area contributed by atoms with Crippen LogP contribution in [0, 0.1) is 12.8 Å². The minimum atomic E-state index is -3.76. The summed E-state index contributed by atoms with van der Waals surface area (Å²) in [7, 11) is -3.76. The number of nitrogens with zero attached hydrogens (tertiary/aromatic N) is 4. The summed E-state index contributed by atoms with van der Waals surface area (Å²) in [5, 5.41) is 11.9. The largest absolute Gasteiger partial charge is 0.395 e. The molecule has 2 saturated heterocycles. The van der Waals surface area contributed by atoms with Crippen molar-refractivity contribution >= 4 is 39.1 Å². The number of nitrogens with one attached hydrogen (secondary N) is 2. The smallest absolute Gasteiger partial charge is 0.258 e. The van der Waals surface area contributed by atoms with Crippen LogP contribution in [0.15, 0.2) is 36.4 Å². The first-order chi connectivity index (χ1) is 18.9. The Balaban J connectivity index is 1.59. The van der Waals surface area contributed by atoms with Gasteiger partial charge in [-0.05, 0) is 50.8 Å². The maximum atomic E-state index is 13.6. The minimum absolute atomic E-state index is 0.113. The predicted octanol–water partition coefficient (Wildman–Crippen LogP) is 3.80. The van der Waals surface area contributed by atoms with Crippen molar-refractivity contribution in [3.63, 3.8) is 0 Å². The molecule has 10 nitrogen and oxygen atoms in total. The minimum Gasteiger partial charge on any atom is -0.395 e. The maximum Gasteiger partial charge on any atom is 0.258 e. The number of hydrogen-bond donors (Lipinski definition) is 3. The number of amides is 1. The zero-order valence-electron chi connectivity index (χ0n) is 22.8. The third-order valence-electron chi connectivity index (χ3n) is 7.27. The van der Waals surface area contributed by atoms with Gasteiger partial charge in [0.05, 0.1) is 29.3 Å². The molecule has 13 heteroatoms. The Morgan fingerprint density at radius 3 is 2.42 bits per heavy atom. The normalized spacial score (nSPS) is 17.9. The summed E-state index contributed by atoms with van der Waals surface area (Å²) < 4.78 is 54.3. The molecule has 3 N–H and O–H groups in total.